The minimum absolute atomic E-state index is 0.295. The molecule has 2 rings (SSSR count). The van der Waals surface area contributed by atoms with Gasteiger partial charge in [-0.3, -0.25) is 4.21 Å². The fraction of sp³-hybridized carbons (Fsp3) is 0.600. The van der Waals surface area contributed by atoms with Crippen LogP contribution in [0.2, 0.25) is 0 Å². The van der Waals surface area contributed by atoms with E-state index in [-0.39, 0.29) is 0 Å². The Kier molecular flexibility index (Phi) is 6.01. The van der Waals surface area contributed by atoms with Crippen molar-refractivity contribution in [2.75, 3.05) is 25.5 Å². The Morgan fingerprint density at radius 2 is 2.21 bits per heavy atom. The molecule has 0 aromatic heterocycles. The highest BCUT2D eigenvalue weighted by atomic mass is 32.2. The van der Waals surface area contributed by atoms with Gasteiger partial charge in [0.15, 0.2) is 0 Å². The molecule has 4 heteroatoms. The van der Waals surface area contributed by atoms with E-state index in [9.17, 15) is 4.21 Å². The number of nitrogens with one attached hydrogen (secondary N) is 1. The maximum atomic E-state index is 12.4. The van der Waals surface area contributed by atoms with Gasteiger partial charge < -0.3 is 10.1 Å². The molecule has 1 N–H and O–H groups in total. The predicted molar refractivity (Wildman–Crippen MR) is 78.7 cm³/mol. The van der Waals surface area contributed by atoms with E-state index in [0.717, 1.165) is 37.5 Å². The summed E-state index contributed by atoms with van der Waals surface area (Å²) in [4.78, 5) is 0.921. The van der Waals surface area contributed by atoms with Gasteiger partial charge in [0.2, 0.25) is 0 Å². The molecule has 19 heavy (non-hydrogen) atoms. The summed E-state index contributed by atoms with van der Waals surface area (Å²) < 4.78 is 17.9. The van der Waals surface area contributed by atoms with Crippen LogP contribution in [0.4, 0.5) is 0 Å². The summed E-state index contributed by atoms with van der Waals surface area (Å²) in [6, 6.07) is 10.0. The molecular formula is C15H23NO2S. The lowest BCUT2D eigenvalue weighted by atomic mass is 10.0. The van der Waals surface area contributed by atoms with Gasteiger partial charge in [-0.2, -0.15) is 0 Å². The second kappa shape index (κ2) is 7.78. The van der Waals surface area contributed by atoms with Crippen LogP contribution in [-0.4, -0.2) is 35.8 Å². The lowest BCUT2D eigenvalue weighted by Gasteiger charge is -2.23. The maximum Gasteiger partial charge on any atom is 0.0545 e. The Hall–Kier alpha value is -0.710. The summed E-state index contributed by atoms with van der Waals surface area (Å²) >= 11 is 0. The van der Waals surface area contributed by atoms with Crippen molar-refractivity contribution in [1.82, 2.24) is 5.32 Å². The third-order valence-electron chi connectivity index (χ3n) is 3.53. The summed E-state index contributed by atoms with van der Waals surface area (Å²) in [6.07, 6.45) is 2.18. The lowest BCUT2D eigenvalue weighted by molar-refractivity contribution is 0.179. The van der Waals surface area contributed by atoms with E-state index >= 15 is 0 Å². The van der Waals surface area contributed by atoms with Crippen LogP contribution in [0.1, 0.15) is 19.8 Å². The molecule has 0 amide bonds. The van der Waals surface area contributed by atoms with E-state index < -0.39 is 10.8 Å². The van der Waals surface area contributed by atoms with Gasteiger partial charge in [-0.05, 0) is 31.5 Å². The third kappa shape index (κ3) is 4.41. The normalized spacial score (nSPS) is 22.3. The molecule has 3 nitrogen and oxygen atoms in total. The molecule has 106 valence electrons. The average Bonchev–Trinajstić information content (AvgIpc) is 2.98. The summed E-state index contributed by atoms with van der Waals surface area (Å²) in [5.74, 6) is 1.18. The molecule has 3 unspecified atom stereocenters. The quantitative estimate of drug-likeness (QED) is 0.832. The van der Waals surface area contributed by atoms with E-state index in [1.165, 1.54) is 0 Å². The molecule has 0 radical (unpaired) electrons. The zero-order chi connectivity index (χ0) is 13.5. The lowest BCUT2D eigenvalue weighted by Crippen LogP contribution is -2.41. The van der Waals surface area contributed by atoms with Crippen LogP contribution >= 0.6 is 0 Å². The number of rotatable bonds is 7. The van der Waals surface area contributed by atoms with E-state index in [0.29, 0.717) is 17.7 Å². The van der Waals surface area contributed by atoms with Crippen LogP contribution in [0.15, 0.2) is 35.2 Å². The van der Waals surface area contributed by atoms with Crippen LogP contribution in [0.25, 0.3) is 0 Å². The van der Waals surface area contributed by atoms with Crippen LogP contribution in [0.5, 0.6) is 0 Å². The molecule has 1 saturated heterocycles. The molecular weight excluding hydrogens is 258 g/mol. The summed E-state index contributed by atoms with van der Waals surface area (Å²) in [5.41, 5.74) is 0. The molecule has 0 bridgehead atoms. The van der Waals surface area contributed by atoms with E-state index in [1.54, 1.807) is 0 Å². The Labute approximate surface area is 118 Å². The highest BCUT2D eigenvalue weighted by molar-refractivity contribution is 7.85. The summed E-state index contributed by atoms with van der Waals surface area (Å²) in [5, 5.41) is 3.54. The predicted octanol–water partition coefficient (Wildman–Crippen LogP) is 2.20. The maximum absolute atomic E-state index is 12.4. The van der Waals surface area contributed by atoms with Gasteiger partial charge in [-0.15, -0.1) is 0 Å². The molecule has 1 aliphatic heterocycles. The Morgan fingerprint density at radius 1 is 1.42 bits per heavy atom. The monoisotopic (exact) mass is 281 g/mol. The highest BCUT2D eigenvalue weighted by Crippen LogP contribution is 2.19. The first kappa shape index (κ1) is 14.7. The van der Waals surface area contributed by atoms with Crippen molar-refractivity contribution in [2.24, 2.45) is 5.92 Å². The van der Waals surface area contributed by atoms with Gasteiger partial charge in [0.05, 0.1) is 17.4 Å². The average molecular weight is 281 g/mol. The standard InChI is InChI=1S/C15H23NO2S/c1-2-9-16-15(13-8-10-18-11-13)12-19(17)14-6-4-3-5-7-14/h3-7,13,15-16H,2,8-12H2,1H3. The third-order valence-corrected chi connectivity index (χ3v) is 4.99. The highest BCUT2D eigenvalue weighted by Gasteiger charge is 2.27. The molecule has 1 heterocycles. The van der Waals surface area contributed by atoms with Crippen molar-refractivity contribution in [3.8, 4) is 0 Å². The SMILES string of the molecule is CCCNC(CS(=O)c1ccccc1)C1CCOC1. The summed E-state index contributed by atoms with van der Waals surface area (Å²) in [7, 11) is -0.931. The Morgan fingerprint density at radius 3 is 2.84 bits per heavy atom. The largest absolute Gasteiger partial charge is 0.381 e. The topological polar surface area (TPSA) is 38.3 Å². The first-order valence-corrected chi connectivity index (χ1v) is 8.37. The molecule has 0 aliphatic carbocycles. The number of benzene rings is 1. The second-order valence-electron chi connectivity index (χ2n) is 5.01. The van der Waals surface area contributed by atoms with E-state index in [4.69, 9.17) is 4.74 Å². The van der Waals surface area contributed by atoms with Crippen LogP contribution in [0, 0.1) is 5.92 Å². The minimum atomic E-state index is -0.931. The van der Waals surface area contributed by atoms with E-state index in [2.05, 4.69) is 12.2 Å². The fourth-order valence-electron chi connectivity index (χ4n) is 2.39. The van der Waals surface area contributed by atoms with Crippen molar-refractivity contribution < 1.29 is 8.95 Å². The molecule has 0 spiro atoms. The second-order valence-corrected chi connectivity index (χ2v) is 6.51. The van der Waals surface area contributed by atoms with Gasteiger partial charge >= 0.3 is 0 Å². The minimum Gasteiger partial charge on any atom is -0.381 e. The zero-order valence-corrected chi connectivity index (χ0v) is 12.3. The Balaban J connectivity index is 1.96. The van der Waals surface area contributed by atoms with Crippen LogP contribution < -0.4 is 5.32 Å². The van der Waals surface area contributed by atoms with Gasteiger partial charge in [0.25, 0.3) is 0 Å². The van der Waals surface area contributed by atoms with Crippen LogP contribution in [0.3, 0.4) is 0 Å². The van der Waals surface area contributed by atoms with Crippen molar-refractivity contribution in [2.45, 2.75) is 30.7 Å². The van der Waals surface area contributed by atoms with E-state index in [1.807, 2.05) is 30.3 Å². The molecule has 0 saturated carbocycles. The zero-order valence-electron chi connectivity index (χ0n) is 11.5. The van der Waals surface area contributed by atoms with Crippen molar-refractivity contribution in [1.29, 1.82) is 0 Å². The van der Waals surface area contributed by atoms with Gasteiger partial charge in [0.1, 0.15) is 0 Å². The number of hydrogen-bond donors (Lipinski definition) is 1. The van der Waals surface area contributed by atoms with Crippen molar-refractivity contribution in [3.63, 3.8) is 0 Å². The summed E-state index contributed by atoms with van der Waals surface area (Å²) in [6.45, 7) is 4.77. The Bertz CT molecular complexity index is 390. The fourth-order valence-corrected chi connectivity index (χ4v) is 3.76. The molecule has 1 aliphatic rings. The molecule has 1 aromatic carbocycles. The number of hydrogen-bond acceptors (Lipinski definition) is 3. The first-order chi connectivity index (χ1) is 9.31. The molecule has 3 atom stereocenters. The van der Waals surface area contributed by atoms with Gasteiger partial charge in [-0.1, -0.05) is 25.1 Å². The number of ether oxygens (including phenoxy) is 1. The smallest absolute Gasteiger partial charge is 0.0545 e. The van der Waals surface area contributed by atoms with Gasteiger partial charge in [0, 0.05) is 29.2 Å². The first-order valence-electron chi connectivity index (χ1n) is 7.05. The van der Waals surface area contributed by atoms with Crippen molar-refractivity contribution in [3.05, 3.63) is 30.3 Å². The molecule has 1 fully saturated rings. The van der Waals surface area contributed by atoms with Crippen molar-refractivity contribution >= 4 is 10.8 Å². The van der Waals surface area contributed by atoms with Gasteiger partial charge in [-0.25, -0.2) is 0 Å². The van der Waals surface area contributed by atoms with Crippen LogP contribution in [-0.2, 0) is 15.5 Å². The molecule has 1 aromatic rings.